The standard InChI is InChI=1S/C10H11BN2O2/c1-7(10(14)15-2)12-13-9-5-3-4-8(11)6-9/h3-6,13H,1-2H3/b12-7+. The van der Waals surface area contributed by atoms with Crippen LogP contribution in [0.5, 0.6) is 0 Å². The van der Waals surface area contributed by atoms with Gasteiger partial charge in [-0.3, -0.25) is 5.43 Å². The van der Waals surface area contributed by atoms with Crippen molar-refractivity contribution in [2.24, 2.45) is 5.10 Å². The molecule has 0 aromatic heterocycles. The number of carbonyl (C=O) groups excluding carboxylic acids is 1. The summed E-state index contributed by atoms with van der Waals surface area (Å²) in [6.07, 6.45) is 0. The minimum Gasteiger partial charge on any atom is -0.464 e. The molecule has 76 valence electrons. The number of benzene rings is 1. The summed E-state index contributed by atoms with van der Waals surface area (Å²) in [5.74, 6) is -0.466. The predicted octanol–water partition coefficient (Wildman–Crippen LogP) is 0.441. The maximum Gasteiger partial charge on any atom is 0.353 e. The van der Waals surface area contributed by atoms with Crippen LogP contribution in [-0.2, 0) is 9.53 Å². The van der Waals surface area contributed by atoms with E-state index in [0.29, 0.717) is 5.46 Å². The van der Waals surface area contributed by atoms with Crippen LogP contribution < -0.4 is 10.9 Å². The van der Waals surface area contributed by atoms with E-state index in [9.17, 15) is 4.79 Å². The van der Waals surface area contributed by atoms with E-state index in [1.54, 1.807) is 31.2 Å². The Morgan fingerprint density at radius 2 is 2.27 bits per heavy atom. The molecule has 15 heavy (non-hydrogen) atoms. The number of rotatable bonds is 3. The monoisotopic (exact) mass is 202 g/mol. The Kier molecular flexibility index (Phi) is 3.91. The number of hydrogen-bond acceptors (Lipinski definition) is 4. The molecule has 0 aliphatic rings. The average molecular weight is 202 g/mol. The van der Waals surface area contributed by atoms with E-state index in [1.807, 2.05) is 0 Å². The van der Waals surface area contributed by atoms with Gasteiger partial charge < -0.3 is 4.74 Å². The fraction of sp³-hybridized carbons (Fsp3) is 0.200. The van der Waals surface area contributed by atoms with Gasteiger partial charge in [-0.2, -0.15) is 5.10 Å². The number of nitrogens with zero attached hydrogens (tertiary/aromatic N) is 1. The van der Waals surface area contributed by atoms with Crippen molar-refractivity contribution in [3.63, 3.8) is 0 Å². The van der Waals surface area contributed by atoms with E-state index >= 15 is 0 Å². The van der Waals surface area contributed by atoms with Gasteiger partial charge in [0.2, 0.25) is 0 Å². The topological polar surface area (TPSA) is 50.7 Å². The molecule has 0 saturated heterocycles. The summed E-state index contributed by atoms with van der Waals surface area (Å²) in [4.78, 5) is 11.0. The molecule has 1 aromatic rings. The second kappa shape index (κ2) is 5.19. The van der Waals surface area contributed by atoms with Crippen molar-refractivity contribution in [1.82, 2.24) is 0 Å². The van der Waals surface area contributed by atoms with Crippen LogP contribution in [0.15, 0.2) is 29.4 Å². The number of hydrogen-bond donors (Lipinski definition) is 1. The maximum atomic E-state index is 11.0. The van der Waals surface area contributed by atoms with E-state index in [1.165, 1.54) is 7.11 Å². The van der Waals surface area contributed by atoms with Crippen molar-refractivity contribution in [1.29, 1.82) is 0 Å². The lowest BCUT2D eigenvalue weighted by atomic mass is 9.96. The van der Waals surface area contributed by atoms with Gasteiger partial charge in [-0.15, -0.1) is 0 Å². The molecule has 0 heterocycles. The lowest BCUT2D eigenvalue weighted by Crippen LogP contribution is -2.13. The summed E-state index contributed by atoms with van der Waals surface area (Å²) < 4.78 is 4.49. The number of ether oxygens (including phenoxy) is 1. The molecule has 0 spiro atoms. The van der Waals surface area contributed by atoms with Crippen molar-refractivity contribution in [3.05, 3.63) is 24.3 Å². The first-order valence-electron chi connectivity index (χ1n) is 4.37. The highest BCUT2D eigenvalue weighted by atomic mass is 16.5. The fourth-order valence-electron chi connectivity index (χ4n) is 0.950. The Morgan fingerprint density at radius 3 is 2.87 bits per heavy atom. The summed E-state index contributed by atoms with van der Waals surface area (Å²) in [6, 6.07) is 7.07. The van der Waals surface area contributed by atoms with Crippen molar-refractivity contribution in [3.8, 4) is 0 Å². The molecule has 2 radical (unpaired) electrons. The van der Waals surface area contributed by atoms with Gasteiger partial charge in [0.05, 0.1) is 12.8 Å². The van der Waals surface area contributed by atoms with Gasteiger partial charge in [0.25, 0.3) is 0 Å². The molecule has 0 bridgehead atoms. The summed E-state index contributed by atoms with van der Waals surface area (Å²) in [5.41, 5.74) is 4.31. The highest BCUT2D eigenvalue weighted by Gasteiger charge is 2.03. The van der Waals surface area contributed by atoms with Crippen molar-refractivity contribution < 1.29 is 9.53 Å². The van der Waals surface area contributed by atoms with E-state index in [4.69, 9.17) is 7.85 Å². The van der Waals surface area contributed by atoms with Gasteiger partial charge in [-0.1, -0.05) is 17.6 Å². The molecule has 0 fully saturated rings. The van der Waals surface area contributed by atoms with Crippen LogP contribution in [0.4, 0.5) is 5.69 Å². The van der Waals surface area contributed by atoms with E-state index in [-0.39, 0.29) is 5.71 Å². The largest absolute Gasteiger partial charge is 0.464 e. The lowest BCUT2D eigenvalue weighted by molar-refractivity contribution is -0.132. The highest BCUT2D eigenvalue weighted by Crippen LogP contribution is 2.02. The molecule has 4 nitrogen and oxygen atoms in total. The number of hydrazone groups is 1. The Bertz CT molecular complexity index is 391. The third kappa shape index (κ3) is 3.46. The number of nitrogens with one attached hydrogen (secondary N) is 1. The molecule has 0 aliphatic carbocycles. The normalized spacial score (nSPS) is 10.9. The predicted molar refractivity (Wildman–Crippen MR) is 60.6 cm³/mol. The third-order valence-corrected chi connectivity index (χ3v) is 1.72. The minimum atomic E-state index is -0.466. The molecule has 1 N–H and O–H groups in total. The zero-order chi connectivity index (χ0) is 11.3. The fourth-order valence-corrected chi connectivity index (χ4v) is 0.950. The zero-order valence-corrected chi connectivity index (χ0v) is 8.65. The van der Waals surface area contributed by atoms with Crippen LogP contribution in [0.1, 0.15) is 6.92 Å². The molecular formula is C10H11BN2O2. The second-order valence-corrected chi connectivity index (χ2v) is 2.93. The van der Waals surface area contributed by atoms with E-state index in [0.717, 1.165) is 5.69 Å². The Hall–Kier alpha value is -1.78. The van der Waals surface area contributed by atoms with Crippen LogP contribution in [0, 0.1) is 0 Å². The molecule has 0 atom stereocenters. The van der Waals surface area contributed by atoms with Gasteiger partial charge in [0, 0.05) is 0 Å². The van der Waals surface area contributed by atoms with Gasteiger partial charge in [-0.25, -0.2) is 4.79 Å². The number of anilines is 1. The van der Waals surface area contributed by atoms with Gasteiger partial charge in [0.1, 0.15) is 13.6 Å². The van der Waals surface area contributed by atoms with Crippen molar-refractivity contribution >= 4 is 30.7 Å². The summed E-state index contributed by atoms with van der Waals surface area (Å²) in [6.45, 7) is 1.56. The molecule has 0 unspecified atom stereocenters. The first-order valence-corrected chi connectivity index (χ1v) is 4.37. The smallest absolute Gasteiger partial charge is 0.353 e. The molecule has 0 aliphatic heterocycles. The number of methoxy groups -OCH3 is 1. The first kappa shape index (κ1) is 11.3. The SMILES string of the molecule is [B]c1cccc(N/N=C(\C)C(=O)OC)c1. The molecular weight excluding hydrogens is 191 g/mol. The van der Waals surface area contributed by atoms with Crippen LogP contribution in [0.3, 0.4) is 0 Å². The Labute approximate surface area is 89.7 Å². The quantitative estimate of drug-likeness (QED) is 0.335. The lowest BCUT2D eigenvalue weighted by Gasteiger charge is -2.02. The van der Waals surface area contributed by atoms with Gasteiger partial charge >= 0.3 is 5.97 Å². The summed E-state index contributed by atoms with van der Waals surface area (Å²) in [5, 5.41) is 3.84. The van der Waals surface area contributed by atoms with E-state index < -0.39 is 5.97 Å². The molecule has 0 saturated carbocycles. The number of carbonyl (C=O) groups is 1. The van der Waals surface area contributed by atoms with Crippen LogP contribution >= 0.6 is 0 Å². The van der Waals surface area contributed by atoms with Gasteiger partial charge in [0.15, 0.2) is 0 Å². The summed E-state index contributed by atoms with van der Waals surface area (Å²) >= 11 is 0. The highest BCUT2D eigenvalue weighted by molar-refractivity contribution is 6.35. The number of esters is 1. The minimum absolute atomic E-state index is 0.250. The average Bonchev–Trinajstić information content (AvgIpc) is 2.25. The van der Waals surface area contributed by atoms with Crippen LogP contribution in [0.2, 0.25) is 0 Å². The van der Waals surface area contributed by atoms with Crippen molar-refractivity contribution in [2.45, 2.75) is 6.92 Å². The summed E-state index contributed by atoms with van der Waals surface area (Å²) in [7, 11) is 6.88. The maximum absolute atomic E-state index is 11.0. The molecule has 0 amide bonds. The van der Waals surface area contributed by atoms with E-state index in [2.05, 4.69) is 15.3 Å². The van der Waals surface area contributed by atoms with Crippen molar-refractivity contribution in [2.75, 3.05) is 12.5 Å². The van der Waals surface area contributed by atoms with Gasteiger partial charge in [-0.05, 0) is 19.1 Å². The van der Waals surface area contributed by atoms with Crippen LogP contribution in [0.25, 0.3) is 0 Å². The van der Waals surface area contributed by atoms with Crippen LogP contribution in [-0.4, -0.2) is 26.6 Å². The second-order valence-electron chi connectivity index (χ2n) is 2.93. The molecule has 5 heteroatoms. The molecule has 1 rings (SSSR count). The Morgan fingerprint density at radius 1 is 1.53 bits per heavy atom. The Balaban J connectivity index is 2.67. The third-order valence-electron chi connectivity index (χ3n) is 1.72. The zero-order valence-electron chi connectivity index (χ0n) is 8.65. The first-order chi connectivity index (χ1) is 7.13. The molecule has 1 aromatic carbocycles.